The van der Waals surface area contributed by atoms with Gasteiger partial charge in [0.1, 0.15) is 18.6 Å². The molecule has 0 N–H and O–H groups in total. The number of ether oxygens (including phenoxy) is 1. The average molecular weight is 319 g/mol. The fourth-order valence-corrected chi connectivity index (χ4v) is 3.08. The third kappa shape index (κ3) is 2.14. The van der Waals surface area contributed by atoms with E-state index in [1.54, 1.807) is 7.11 Å². The Morgan fingerprint density at radius 2 is 2.17 bits per heavy atom. The lowest BCUT2D eigenvalue weighted by atomic mass is 10.1. The molecule has 2 aromatic heterocycles. The first kappa shape index (κ1) is 14.7. The van der Waals surface area contributed by atoms with Crippen molar-refractivity contribution in [2.45, 2.75) is 27.0 Å². The molecule has 0 radical (unpaired) electrons. The van der Waals surface area contributed by atoms with Crippen LogP contribution in [0.3, 0.4) is 0 Å². The van der Waals surface area contributed by atoms with Crippen LogP contribution in [0, 0.1) is 18.8 Å². The van der Waals surface area contributed by atoms with E-state index >= 15 is 0 Å². The molecule has 0 saturated heterocycles. The number of benzene rings is 1. The molecule has 3 aromatic rings. The fraction of sp³-hybridized carbons (Fsp3) is 0.278. The largest absolute Gasteiger partial charge is 0.377 e. The first-order chi connectivity index (χ1) is 11.7. The highest BCUT2D eigenvalue weighted by Crippen LogP contribution is 2.32. The smallest absolute Gasteiger partial charge is 0.166 e. The third-order valence-electron chi connectivity index (χ3n) is 4.17. The van der Waals surface area contributed by atoms with E-state index in [0.717, 1.165) is 34.3 Å². The van der Waals surface area contributed by atoms with Crippen molar-refractivity contribution in [1.82, 2.24) is 24.3 Å². The van der Waals surface area contributed by atoms with Gasteiger partial charge >= 0.3 is 0 Å². The summed E-state index contributed by atoms with van der Waals surface area (Å²) < 4.78 is 9.46. The number of aryl methyl sites for hydroxylation is 1. The number of imidazole rings is 1. The summed E-state index contributed by atoms with van der Waals surface area (Å²) in [6.45, 7) is 4.92. The van der Waals surface area contributed by atoms with Crippen LogP contribution in [0.4, 0.5) is 0 Å². The summed E-state index contributed by atoms with van der Waals surface area (Å²) in [5.41, 5.74) is 5.08. The van der Waals surface area contributed by atoms with Gasteiger partial charge in [-0.05, 0) is 31.9 Å². The third-order valence-corrected chi connectivity index (χ3v) is 4.17. The van der Waals surface area contributed by atoms with E-state index < -0.39 is 0 Å². The molecule has 0 amide bonds. The van der Waals surface area contributed by atoms with Gasteiger partial charge < -0.3 is 9.30 Å². The Bertz CT molecular complexity index is 987. The predicted molar refractivity (Wildman–Crippen MR) is 89.7 cm³/mol. The monoisotopic (exact) mass is 319 g/mol. The Kier molecular flexibility index (Phi) is 3.44. The van der Waals surface area contributed by atoms with Crippen molar-refractivity contribution >= 4 is 0 Å². The van der Waals surface area contributed by atoms with Gasteiger partial charge in [-0.15, -0.1) is 10.2 Å². The van der Waals surface area contributed by atoms with E-state index in [1.807, 2.05) is 13.3 Å². The van der Waals surface area contributed by atoms with Gasteiger partial charge in [0.25, 0.3) is 0 Å². The number of rotatable bonds is 2. The summed E-state index contributed by atoms with van der Waals surface area (Å²) in [7, 11) is 1.66. The number of fused-ring (bicyclic) bond motifs is 5. The van der Waals surface area contributed by atoms with Crippen LogP contribution in [-0.4, -0.2) is 31.4 Å². The van der Waals surface area contributed by atoms with Gasteiger partial charge in [-0.1, -0.05) is 17.6 Å². The average Bonchev–Trinajstić information content (AvgIpc) is 3.11. The molecule has 24 heavy (non-hydrogen) atoms. The molecule has 3 heterocycles. The van der Waals surface area contributed by atoms with Gasteiger partial charge in [-0.3, -0.25) is 4.57 Å². The van der Waals surface area contributed by atoms with Gasteiger partial charge in [-0.2, -0.15) is 0 Å². The van der Waals surface area contributed by atoms with E-state index in [4.69, 9.17) is 4.74 Å². The maximum absolute atomic E-state index is 5.28. The van der Waals surface area contributed by atoms with Crippen LogP contribution in [0.25, 0.3) is 17.1 Å². The number of nitrogens with zero attached hydrogens (tertiary/aromatic N) is 5. The topological polar surface area (TPSA) is 57.8 Å². The zero-order chi connectivity index (χ0) is 16.7. The van der Waals surface area contributed by atoms with Gasteiger partial charge in [0.05, 0.1) is 17.9 Å². The van der Waals surface area contributed by atoms with Gasteiger partial charge in [0.2, 0.25) is 0 Å². The molecule has 6 heteroatoms. The zero-order valence-electron chi connectivity index (χ0n) is 13.9. The van der Waals surface area contributed by atoms with E-state index in [9.17, 15) is 0 Å². The minimum atomic E-state index is 0.414. The first-order valence-corrected chi connectivity index (χ1v) is 7.74. The van der Waals surface area contributed by atoms with Crippen molar-refractivity contribution < 1.29 is 4.74 Å². The lowest BCUT2D eigenvalue weighted by molar-refractivity contribution is 0.174. The van der Waals surface area contributed by atoms with E-state index in [1.165, 1.54) is 5.56 Å². The maximum Gasteiger partial charge on any atom is 0.166 e. The van der Waals surface area contributed by atoms with Gasteiger partial charge in [0, 0.05) is 12.7 Å². The second kappa shape index (κ2) is 5.62. The number of hydrogen-bond donors (Lipinski definition) is 0. The second-order valence-corrected chi connectivity index (χ2v) is 5.76. The molecule has 1 aromatic carbocycles. The molecular formula is C18H17N5O. The van der Waals surface area contributed by atoms with Crippen molar-refractivity contribution in [1.29, 1.82) is 0 Å². The molecule has 6 nitrogen and oxygen atoms in total. The zero-order valence-corrected chi connectivity index (χ0v) is 13.9. The lowest BCUT2D eigenvalue weighted by Crippen LogP contribution is -2.09. The number of hydrogen-bond acceptors (Lipinski definition) is 4. The Hall–Kier alpha value is -2.91. The fourth-order valence-electron chi connectivity index (χ4n) is 3.08. The van der Waals surface area contributed by atoms with E-state index in [0.29, 0.717) is 13.2 Å². The number of aromatic nitrogens is 5. The SMILES string of the molecule is CC#Cc1ncn2c1Cn1c(COC)nnc1-c1cc(C)ccc1-2. The summed E-state index contributed by atoms with van der Waals surface area (Å²) in [5, 5.41) is 8.73. The maximum atomic E-state index is 5.28. The normalized spacial score (nSPS) is 11.8. The Morgan fingerprint density at radius 3 is 2.96 bits per heavy atom. The Balaban J connectivity index is 2.04. The van der Waals surface area contributed by atoms with Crippen molar-refractivity contribution in [2.24, 2.45) is 0 Å². The van der Waals surface area contributed by atoms with Crippen molar-refractivity contribution in [3.63, 3.8) is 0 Å². The Morgan fingerprint density at radius 1 is 1.29 bits per heavy atom. The van der Waals surface area contributed by atoms with Gasteiger partial charge in [-0.25, -0.2) is 4.98 Å². The molecule has 0 fully saturated rings. The summed E-state index contributed by atoms with van der Waals surface area (Å²) >= 11 is 0. The first-order valence-electron chi connectivity index (χ1n) is 7.74. The molecule has 1 aliphatic rings. The minimum absolute atomic E-state index is 0.414. The highest BCUT2D eigenvalue weighted by molar-refractivity contribution is 5.70. The van der Waals surface area contributed by atoms with Gasteiger partial charge in [0.15, 0.2) is 11.6 Å². The molecule has 0 aliphatic carbocycles. The molecular weight excluding hydrogens is 302 g/mol. The molecule has 4 rings (SSSR count). The highest BCUT2D eigenvalue weighted by atomic mass is 16.5. The summed E-state index contributed by atoms with van der Waals surface area (Å²) in [5.74, 6) is 7.68. The molecule has 1 aliphatic heterocycles. The van der Waals surface area contributed by atoms with Crippen LogP contribution in [0.1, 0.15) is 29.7 Å². The highest BCUT2D eigenvalue weighted by Gasteiger charge is 2.25. The van der Waals surface area contributed by atoms with Crippen molar-refractivity contribution in [3.8, 4) is 28.9 Å². The van der Waals surface area contributed by atoms with Crippen LogP contribution in [0.5, 0.6) is 0 Å². The molecule has 0 bridgehead atoms. The molecule has 0 spiro atoms. The van der Waals surface area contributed by atoms with Crippen LogP contribution >= 0.6 is 0 Å². The van der Waals surface area contributed by atoms with Crippen LogP contribution in [0.15, 0.2) is 24.5 Å². The minimum Gasteiger partial charge on any atom is -0.377 e. The molecule has 0 atom stereocenters. The van der Waals surface area contributed by atoms with E-state index in [-0.39, 0.29) is 0 Å². The summed E-state index contributed by atoms with van der Waals surface area (Å²) in [6, 6.07) is 6.32. The summed E-state index contributed by atoms with van der Waals surface area (Å²) in [6.07, 6.45) is 1.83. The van der Waals surface area contributed by atoms with Crippen LogP contribution < -0.4 is 0 Å². The number of methoxy groups -OCH3 is 1. The molecule has 0 saturated carbocycles. The predicted octanol–water partition coefficient (Wildman–Crippen LogP) is 2.32. The van der Waals surface area contributed by atoms with Crippen molar-refractivity contribution in [2.75, 3.05) is 7.11 Å². The Labute approximate surface area is 140 Å². The van der Waals surface area contributed by atoms with Crippen molar-refractivity contribution in [3.05, 3.63) is 47.3 Å². The van der Waals surface area contributed by atoms with Crippen LogP contribution in [0.2, 0.25) is 0 Å². The molecule has 120 valence electrons. The van der Waals surface area contributed by atoms with Crippen LogP contribution in [-0.2, 0) is 17.9 Å². The molecule has 0 unspecified atom stereocenters. The second-order valence-electron chi connectivity index (χ2n) is 5.76. The standard InChI is InChI=1S/C18H17N5O/c1-4-5-14-16-9-22-17(10-24-3)20-21-18(22)13-8-12(2)6-7-15(13)23(16)11-19-14/h6-8,11H,9-10H2,1-3H3. The summed E-state index contributed by atoms with van der Waals surface area (Å²) in [4.78, 5) is 4.49. The quantitative estimate of drug-likeness (QED) is 0.532. The lowest BCUT2D eigenvalue weighted by Gasteiger charge is -2.08. The van der Waals surface area contributed by atoms with E-state index in [2.05, 4.69) is 61.3 Å².